The molecule has 5 N–H and O–H groups in total. The van der Waals surface area contributed by atoms with Crippen LogP contribution in [0, 0.1) is 0 Å². The van der Waals surface area contributed by atoms with Crippen LogP contribution in [0.2, 0.25) is 0 Å². The fourth-order valence-electron chi connectivity index (χ4n) is 2.35. The summed E-state index contributed by atoms with van der Waals surface area (Å²) >= 11 is 1.21. The first-order valence-corrected chi connectivity index (χ1v) is 7.93. The summed E-state index contributed by atoms with van der Waals surface area (Å²) < 4.78 is 2.56. The van der Waals surface area contributed by atoms with E-state index < -0.39 is 0 Å². The smallest absolute Gasteiger partial charge is 0.305 e. The van der Waals surface area contributed by atoms with E-state index in [2.05, 4.69) is 17.0 Å². The van der Waals surface area contributed by atoms with Crippen molar-refractivity contribution in [1.29, 1.82) is 0 Å². The molecule has 118 valence electrons. The molecule has 0 saturated carbocycles. The summed E-state index contributed by atoms with van der Waals surface area (Å²) in [6.07, 6.45) is 6.57. The molecule has 2 aromatic heterocycles. The highest BCUT2D eigenvalue weighted by Gasteiger charge is 2.13. The van der Waals surface area contributed by atoms with Crippen molar-refractivity contribution in [3.05, 3.63) is 69.7 Å². The molecule has 0 aliphatic carbocycles. The van der Waals surface area contributed by atoms with Gasteiger partial charge in [-0.2, -0.15) is 5.10 Å². The van der Waals surface area contributed by atoms with E-state index in [-0.39, 0.29) is 10.8 Å². The molecule has 0 bridgehead atoms. The van der Waals surface area contributed by atoms with E-state index in [0.29, 0.717) is 5.82 Å². The molecule has 1 aromatic carbocycles. The SMILES string of the molecule is CC(c1ccc2[nH]c(=O)sc2c1)c1ccn(/C(N)=C/C=C\N)n1. The van der Waals surface area contributed by atoms with E-state index in [1.165, 1.54) is 17.5 Å². The zero-order chi connectivity index (χ0) is 16.4. The van der Waals surface area contributed by atoms with E-state index in [0.717, 1.165) is 21.5 Å². The van der Waals surface area contributed by atoms with Gasteiger partial charge in [0.05, 0.1) is 15.9 Å². The van der Waals surface area contributed by atoms with Gasteiger partial charge in [0.25, 0.3) is 0 Å². The second kappa shape index (κ2) is 6.13. The number of fused-ring (bicyclic) bond motifs is 1. The number of hydrogen-bond donors (Lipinski definition) is 3. The van der Waals surface area contributed by atoms with Crippen LogP contribution in [0.15, 0.2) is 53.6 Å². The minimum Gasteiger partial charge on any atom is -0.405 e. The molecule has 2 heterocycles. The number of nitrogens with zero attached hydrogens (tertiary/aromatic N) is 2. The third kappa shape index (κ3) is 3.04. The Balaban J connectivity index is 1.91. The van der Waals surface area contributed by atoms with Gasteiger partial charge in [-0.05, 0) is 42.1 Å². The van der Waals surface area contributed by atoms with E-state index >= 15 is 0 Å². The number of allylic oxidation sites excluding steroid dienone is 2. The van der Waals surface area contributed by atoms with Crippen molar-refractivity contribution >= 4 is 27.4 Å². The van der Waals surface area contributed by atoms with E-state index in [9.17, 15) is 4.79 Å². The molecule has 7 heteroatoms. The van der Waals surface area contributed by atoms with Crippen LogP contribution in [-0.2, 0) is 0 Å². The third-order valence-corrected chi connectivity index (χ3v) is 4.49. The quantitative estimate of drug-likeness (QED) is 0.639. The van der Waals surface area contributed by atoms with Crippen LogP contribution in [-0.4, -0.2) is 14.8 Å². The molecular weight excluding hydrogens is 310 g/mol. The Morgan fingerprint density at radius 2 is 2.26 bits per heavy atom. The molecule has 1 unspecified atom stereocenters. The molecule has 1 atom stereocenters. The van der Waals surface area contributed by atoms with Crippen molar-refractivity contribution in [2.45, 2.75) is 12.8 Å². The highest BCUT2D eigenvalue weighted by molar-refractivity contribution is 7.16. The number of nitrogens with two attached hydrogens (primary N) is 2. The largest absolute Gasteiger partial charge is 0.405 e. The summed E-state index contributed by atoms with van der Waals surface area (Å²) in [5.74, 6) is 0.583. The summed E-state index contributed by atoms with van der Waals surface area (Å²) in [4.78, 5) is 14.2. The molecule has 0 aliphatic heterocycles. The number of thiazole rings is 1. The molecule has 23 heavy (non-hydrogen) atoms. The molecule has 0 saturated heterocycles. The van der Waals surface area contributed by atoms with Crippen molar-refractivity contribution in [3.63, 3.8) is 0 Å². The first-order chi connectivity index (χ1) is 11.1. The maximum atomic E-state index is 11.4. The van der Waals surface area contributed by atoms with Crippen LogP contribution in [0.4, 0.5) is 0 Å². The van der Waals surface area contributed by atoms with Crippen molar-refractivity contribution < 1.29 is 0 Å². The summed E-state index contributed by atoms with van der Waals surface area (Å²) in [6.45, 7) is 2.07. The van der Waals surface area contributed by atoms with Crippen LogP contribution >= 0.6 is 11.3 Å². The standard InChI is InChI=1S/C16H17N5OS/c1-10(11-4-5-13-14(9-11)23-16(22)19-13)12-6-8-21(20-12)15(18)3-2-7-17/h2-10H,17-18H2,1H3,(H,19,22)/b7-2-,15-3+. The average molecular weight is 327 g/mol. The number of hydrogen-bond acceptors (Lipinski definition) is 5. The van der Waals surface area contributed by atoms with Crippen LogP contribution in [0.3, 0.4) is 0 Å². The molecule has 0 radical (unpaired) electrons. The Morgan fingerprint density at radius 1 is 1.43 bits per heavy atom. The normalized spacial score (nSPS) is 13.9. The lowest BCUT2D eigenvalue weighted by Gasteiger charge is -2.09. The summed E-state index contributed by atoms with van der Waals surface area (Å²) in [5, 5.41) is 4.51. The van der Waals surface area contributed by atoms with E-state index in [1.807, 2.05) is 30.5 Å². The molecule has 6 nitrogen and oxygen atoms in total. The number of H-pyrrole nitrogens is 1. The molecule has 0 fully saturated rings. The van der Waals surface area contributed by atoms with Crippen molar-refractivity contribution in [1.82, 2.24) is 14.8 Å². The maximum absolute atomic E-state index is 11.4. The minimum absolute atomic E-state index is 0.0417. The Bertz CT molecular complexity index is 947. The van der Waals surface area contributed by atoms with Crippen LogP contribution in [0.25, 0.3) is 16.0 Å². The molecule has 0 aliphatic rings. The Hall–Kier alpha value is -2.80. The minimum atomic E-state index is -0.0417. The fourth-order valence-corrected chi connectivity index (χ4v) is 3.13. The third-order valence-electron chi connectivity index (χ3n) is 3.64. The fraction of sp³-hybridized carbons (Fsp3) is 0.125. The van der Waals surface area contributed by atoms with Gasteiger partial charge in [0.1, 0.15) is 5.82 Å². The maximum Gasteiger partial charge on any atom is 0.305 e. The highest BCUT2D eigenvalue weighted by atomic mass is 32.1. The van der Waals surface area contributed by atoms with E-state index in [1.54, 1.807) is 16.8 Å². The number of nitrogens with one attached hydrogen (secondary N) is 1. The van der Waals surface area contributed by atoms with Gasteiger partial charge < -0.3 is 16.5 Å². The first-order valence-electron chi connectivity index (χ1n) is 7.11. The topological polar surface area (TPSA) is 103 Å². The molecule has 3 aromatic rings. The van der Waals surface area contributed by atoms with Gasteiger partial charge in [-0.1, -0.05) is 24.3 Å². The van der Waals surface area contributed by atoms with Crippen molar-refractivity contribution in [3.8, 4) is 0 Å². The van der Waals surface area contributed by atoms with Gasteiger partial charge in [-0.15, -0.1) is 0 Å². The van der Waals surface area contributed by atoms with E-state index in [4.69, 9.17) is 11.5 Å². The van der Waals surface area contributed by atoms with Gasteiger partial charge in [0, 0.05) is 12.1 Å². The lowest BCUT2D eigenvalue weighted by molar-refractivity contribution is 0.799. The molecule has 0 spiro atoms. The number of aromatic nitrogens is 3. The monoisotopic (exact) mass is 327 g/mol. The predicted molar refractivity (Wildman–Crippen MR) is 94.0 cm³/mol. The molecule has 0 amide bonds. The summed E-state index contributed by atoms with van der Waals surface area (Å²) in [6, 6.07) is 7.89. The zero-order valence-electron chi connectivity index (χ0n) is 12.6. The van der Waals surface area contributed by atoms with Gasteiger partial charge >= 0.3 is 4.87 Å². The summed E-state index contributed by atoms with van der Waals surface area (Å²) in [7, 11) is 0. The second-order valence-corrected chi connectivity index (χ2v) is 6.17. The number of aromatic amines is 1. The Labute approximate surface area is 136 Å². The van der Waals surface area contributed by atoms with Gasteiger partial charge in [0.2, 0.25) is 0 Å². The highest BCUT2D eigenvalue weighted by Crippen LogP contribution is 2.26. The van der Waals surface area contributed by atoms with Gasteiger partial charge in [0.15, 0.2) is 0 Å². The van der Waals surface area contributed by atoms with Gasteiger partial charge in [-0.25, -0.2) is 4.68 Å². The number of benzene rings is 1. The first kappa shape index (κ1) is 15.1. The Morgan fingerprint density at radius 3 is 3.04 bits per heavy atom. The van der Waals surface area contributed by atoms with Gasteiger partial charge in [-0.3, -0.25) is 4.79 Å². The zero-order valence-corrected chi connectivity index (χ0v) is 13.4. The lowest BCUT2D eigenvalue weighted by Crippen LogP contribution is -2.08. The molecular formula is C16H17N5OS. The van der Waals surface area contributed by atoms with Crippen LogP contribution in [0.5, 0.6) is 0 Å². The second-order valence-electron chi connectivity index (χ2n) is 5.15. The summed E-state index contributed by atoms with van der Waals surface area (Å²) in [5.41, 5.74) is 14.1. The Kier molecular flexibility index (Phi) is 4.03. The van der Waals surface area contributed by atoms with Crippen molar-refractivity contribution in [2.24, 2.45) is 11.5 Å². The van der Waals surface area contributed by atoms with Crippen LogP contribution in [0.1, 0.15) is 24.1 Å². The van der Waals surface area contributed by atoms with Crippen molar-refractivity contribution in [2.75, 3.05) is 0 Å². The molecule has 3 rings (SSSR count). The average Bonchev–Trinajstić information content (AvgIpc) is 3.16. The number of rotatable bonds is 4. The van der Waals surface area contributed by atoms with Crippen LogP contribution < -0.4 is 16.3 Å². The predicted octanol–water partition coefficient (Wildman–Crippen LogP) is 2.17. The lowest BCUT2D eigenvalue weighted by atomic mass is 9.98.